The van der Waals surface area contributed by atoms with E-state index in [0.717, 1.165) is 0 Å². The Kier molecular flexibility index (Phi) is 2.89. The highest BCUT2D eigenvalue weighted by molar-refractivity contribution is 5.84. The van der Waals surface area contributed by atoms with Gasteiger partial charge >= 0.3 is 11.8 Å². The van der Waals surface area contributed by atoms with Gasteiger partial charge in [0.05, 0.1) is 0 Å². The van der Waals surface area contributed by atoms with E-state index in [-0.39, 0.29) is 5.56 Å². The molecule has 0 aliphatic carbocycles. The van der Waals surface area contributed by atoms with Crippen LogP contribution in [0.1, 0.15) is 5.56 Å². The number of halogens is 1. The molecule has 0 fully saturated rings. The van der Waals surface area contributed by atoms with E-state index in [0.29, 0.717) is 0 Å². The van der Waals surface area contributed by atoms with Crippen molar-refractivity contribution in [2.45, 2.75) is 5.79 Å². The Labute approximate surface area is 85.2 Å². The highest BCUT2D eigenvalue weighted by atomic mass is 19.1. The number of aliphatic imine (C=N–C) groups is 1. The Balaban J connectivity index is 3.25. The first-order chi connectivity index (χ1) is 6.97. The number of hydrogen-bond acceptors (Lipinski definition) is 2. The fourth-order valence-electron chi connectivity index (χ4n) is 1.07. The van der Waals surface area contributed by atoms with Crippen LogP contribution in [-0.4, -0.2) is 17.0 Å². The summed E-state index contributed by atoms with van der Waals surface area (Å²) in [6.45, 7) is 0. The molecule has 1 unspecified atom stereocenters. The lowest BCUT2D eigenvalue weighted by atomic mass is 10.1. The van der Waals surface area contributed by atoms with Crippen LogP contribution in [0.5, 0.6) is 0 Å². The number of rotatable bonds is 3. The lowest BCUT2D eigenvalue weighted by molar-refractivity contribution is -0.151. The number of nitrogens with two attached hydrogens (primary N) is 2. The number of aliphatic carboxylic acids is 1. The van der Waals surface area contributed by atoms with Gasteiger partial charge in [-0.25, -0.2) is 4.79 Å². The van der Waals surface area contributed by atoms with Crippen molar-refractivity contribution in [3.63, 3.8) is 0 Å². The summed E-state index contributed by atoms with van der Waals surface area (Å²) in [5, 5.41) is 8.74. The SMILES string of the molecule is NC(N)=NC(F)(C(=O)O)c1ccccc1. The van der Waals surface area contributed by atoms with Crippen LogP contribution in [0.2, 0.25) is 0 Å². The molecule has 1 aromatic rings. The molecule has 0 spiro atoms. The van der Waals surface area contributed by atoms with Crippen molar-refractivity contribution in [1.82, 2.24) is 0 Å². The average molecular weight is 211 g/mol. The van der Waals surface area contributed by atoms with Crippen molar-refractivity contribution in [3.8, 4) is 0 Å². The predicted molar refractivity (Wildman–Crippen MR) is 52.7 cm³/mol. The summed E-state index contributed by atoms with van der Waals surface area (Å²) in [6.07, 6.45) is 0. The molecule has 5 nitrogen and oxygen atoms in total. The van der Waals surface area contributed by atoms with E-state index in [1.807, 2.05) is 0 Å². The van der Waals surface area contributed by atoms with Crippen LogP contribution in [0.3, 0.4) is 0 Å². The second kappa shape index (κ2) is 3.95. The molecular weight excluding hydrogens is 201 g/mol. The number of carbonyl (C=O) groups is 1. The van der Waals surface area contributed by atoms with Gasteiger partial charge in [-0.3, -0.25) is 0 Å². The number of guanidine groups is 1. The molecule has 1 aromatic carbocycles. The summed E-state index contributed by atoms with van der Waals surface area (Å²) in [5.74, 6) is -5.31. The van der Waals surface area contributed by atoms with Crippen molar-refractivity contribution < 1.29 is 14.3 Å². The van der Waals surface area contributed by atoms with Crippen molar-refractivity contribution >= 4 is 11.9 Å². The second-order valence-corrected chi connectivity index (χ2v) is 2.83. The summed E-state index contributed by atoms with van der Waals surface area (Å²) in [4.78, 5) is 13.8. The summed E-state index contributed by atoms with van der Waals surface area (Å²) in [5.41, 5.74) is 9.82. The third-order valence-corrected chi connectivity index (χ3v) is 1.72. The topological polar surface area (TPSA) is 102 Å². The summed E-state index contributed by atoms with van der Waals surface area (Å²) < 4.78 is 14.0. The van der Waals surface area contributed by atoms with E-state index in [1.54, 1.807) is 6.07 Å². The molecule has 0 bridgehead atoms. The van der Waals surface area contributed by atoms with Gasteiger partial charge in [-0.05, 0) is 0 Å². The maximum atomic E-state index is 14.0. The molecule has 0 radical (unpaired) electrons. The van der Waals surface area contributed by atoms with Gasteiger partial charge in [-0.15, -0.1) is 0 Å². The number of alkyl halides is 1. The van der Waals surface area contributed by atoms with Gasteiger partial charge < -0.3 is 16.6 Å². The Morgan fingerprint density at radius 2 is 1.87 bits per heavy atom. The van der Waals surface area contributed by atoms with Crippen molar-refractivity contribution in [2.75, 3.05) is 0 Å². The van der Waals surface area contributed by atoms with Crippen LogP contribution in [-0.2, 0) is 10.6 Å². The first-order valence-electron chi connectivity index (χ1n) is 4.05. The van der Waals surface area contributed by atoms with Gasteiger partial charge in [-0.2, -0.15) is 9.38 Å². The smallest absolute Gasteiger partial charge is 0.369 e. The summed E-state index contributed by atoms with van der Waals surface area (Å²) in [6, 6.07) is 7.20. The molecule has 6 heteroatoms. The van der Waals surface area contributed by atoms with Crippen LogP contribution in [0.15, 0.2) is 35.3 Å². The van der Waals surface area contributed by atoms with Gasteiger partial charge in [0.1, 0.15) is 0 Å². The monoisotopic (exact) mass is 211 g/mol. The standard InChI is InChI=1S/C9H10FN3O2/c10-9(7(14)15,13-8(11)12)6-4-2-1-3-5-6/h1-5H,(H,14,15)(H4,11,12,13). The second-order valence-electron chi connectivity index (χ2n) is 2.83. The molecular formula is C9H10FN3O2. The molecule has 0 saturated carbocycles. The maximum Gasteiger partial charge on any atom is 0.369 e. The number of carboxylic acid groups (broad SMARTS) is 1. The molecule has 15 heavy (non-hydrogen) atoms. The summed E-state index contributed by atoms with van der Waals surface area (Å²) in [7, 11) is 0. The van der Waals surface area contributed by atoms with Crippen LogP contribution in [0, 0.1) is 0 Å². The van der Waals surface area contributed by atoms with E-state index in [1.165, 1.54) is 24.3 Å². The zero-order chi connectivity index (χ0) is 11.5. The highest BCUT2D eigenvalue weighted by Gasteiger charge is 2.40. The minimum Gasteiger partial charge on any atom is -0.477 e. The van der Waals surface area contributed by atoms with Gasteiger partial charge in [0.2, 0.25) is 0 Å². The van der Waals surface area contributed by atoms with Crippen molar-refractivity contribution in [3.05, 3.63) is 35.9 Å². The lowest BCUT2D eigenvalue weighted by Crippen LogP contribution is -2.34. The van der Waals surface area contributed by atoms with Crippen molar-refractivity contribution in [2.24, 2.45) is 16.5 Å². The molecule has 0 aliphatic rings. The van der Waals surface area contributed by atoms with Crippen LogP contribution in [0.25, 0.3) is 0 Å². The lowest BCUT2D eigenvalue weighted by Gasteiger charge is -2.16. The Morgan fingerprint density at radius 1 is 1.33 bits per heavy atom. The molecule has 0 amide bonds. The van der Waals surface area contributed by atoms with Crippen LogP contribution >= 0.6 is 0 Å². The number of nitrogens with zero attached hydrogens (tertiary/aromatic N) is 1. The molecule has 0 aliphatic heterocycles. The molecule has 5 N–H and O–H groups in total. The van der Waals surface area contributed by atoms with Gasteiger partial charge in [0.25, 0.3) is 0 Å². The first-order valence-corrected chi connectivity index (χ1v) is 4.05. The van der Waals surface area contributed by atoms with E-state index >= 15 is 0 Å². The maximum absolute atomic E-state index is 14.0. The third kappa shape index (κ3) is 2.22. The van der Waals surface area contributed by atoms with Gasteiger partial charge in [0.15, 0.2) is 5.96 Å². The highest BCUT2D eigenvalue weighted by Crippen LogP contribution is 2.27. The molecule has 0 saturated heterocycles. The Morgan fingerprint density at radius 3 is 2.27 bits per heavy atom. The van der Waals surface area contributed by atoms with E-state index in [2.05, 4.69) is 4.99 Å². The van der Waals surface area contributed by atoms with E-state index in [4.69, 9.17) is 16.6 Å². The summed E-state index contributed by atoms with van der Waals surface area (Å²) >= 11 is 0. The molecule has 1 atom stereocenters. The fraction of sp³-hybridized carbons (Fsp3) is 0.111. The largest absolute Gasteiger partial charge is 0.477 e. The quantitative estimate of drug-likeness (QED) is 0.376. The molecule has 0 heterocycles. The molecule has 1 rings (SSSR count). The van der Waals surface area contributed by atoms with Gasteiger partial charge in [-0.1, -0.05) is 30.3 Å². The number of carboxylic acids is 1. The first kappa shape index (κ1) is 11.0. The minimum atomic E-state index is -2.93. The zero-order valence-electron chi connectivity index (χ0n) is 7.72. The average Bonchev–Trinajstić information content (AvgIpc) is 2.17. The van der Waals surface area contributed by atoms with Crippen LogP contribution < -0.4 is 11.5 Å². The molecule has 0 aromatic heterocycles. The minimum absolute atomic E-state index is 0.133. The van der Waals surface area contributed by atoms with Crippen LogP contribution in [0.4, 0.5) is 4.39 Å². The normalized spacial score (nSPS) is 13.9. The van der Waals surface area contributed by atoms with Crippen molar-refractivity contribution in [1.29, 1.82) is 0 Å². The third-order valence-electron chi connectivity index (χ3n) is 1.72. The predicted octanol–water partition coefficient (Wildman–Crippen LogP) is 0.167. The molecule has 80 valence electrons. The fourth-order valence-corrected chi connectivity index (χ4v) is 1.07. The Hall–Kier alpha value is -2.11. The Bertz CT molecular complexity index is 390. The van der Waals surface area contributed by atoms with E-state index < -0.39 is 17.7 Å². The van der Waals surface area contributed by atoms with Gasteiger partial charge in [0, 0.05) is 5.56 Å². The zero-order valence-corrected chi connectivity index (χ0v) is 7.72. The number of benzene rings is 1. The number of hydrogen-bond donors (Lipinski definition) is 3. The van der Waals surface area contributed by atoms with E-state index in [9.17, 15) is 9.18 Å².